The molecule has 0 amide bonds. The molecule has 0 saturated carbocycles. The SMILES string of the molecule is CC(C)CN1CCC(NCCC2CCN(C)CC2)CC1. The predicted molar refractivity (Wildman–Crippen MR) is 87.1 cm³/mol. The largest absolute Gasteiger partial charge is 0.314 e. The molecule has 3 heteroatoms. The van der Waals surface area contributed by atoms with Crippen LogP contribution in [0.3, 0.4) is 0 Å². The third kappa shape index (κ3) is 5.71. The molecule has 2 fully saturated rings. The number of nitrogens with one attached hydrogen (secondary N) is 1. The molecule has 0 unspecified atom stereocenters. The van der Waals surface area contributed by atoms with Crippen molar-refractivity contribution < 1.29 is 0 Å². The molecular formula is C17H35N3. The van der Waals surface area contributed by atoms with E-state index in [4.69, 9.17) is 0 Å². The fourth-order valence-corrected chi connectivity index (χ4v) is 3.68. The molecule has 1 N–H and O–H groups in total. The van der Waals surface area contributed by atoms with Crippen molar-refractivity contribution in [1.29, 1.82) is 0 Å². The molecule has 2 saturated heterocycles. The summed E-state index contributed by atoms with van der Waals surface area (Å²) in [4.78, 5) is 5.11. The first-order chi connectivity index (χ1) is 9.63. The summed E-state index contributed by atoms with van der Waals surface area (Å²) in [6.07, 6.45) is 6.90. The standard InChI is InChI=1S/C17H35N3/c1-15(2)14-20-12-7-17(8-13-20)18-9-4-16-5-10-19(3)11-6-16/h15-18H,4-14H2,1-3H3. The molecule has 2 rings (SSSR count). The van der Waals surface area contributed by atoms with E-state index in [0.717, 1.165) is 17.9 Å². The average Bonchev–Trinajstić information content (AvgIpc) is 2.42. The second kappa shape index (κ2) is 8.35. The average molecular weight is 281 g/mol. The van der Waals surface area contributed by atoms with E-state index in [1.807, 2.05) is 0 Å². The van der Waals surface area contributed by atoms with Crippen LogP contribution in [0.15, 0.2) is 0 Å². The summed E-state index contributed by atoms with van der Waals surface area (Å²) in [5.41, 5.74) is 0. The van der Waals surface area contributed by atoms with E-state index >= 15 is 0 Å². The highest BCUT2D eigenvalue weighted by Crippen LogP contribution is 2.19. The summed E-state index contributed by atoms with van der Waals surface area (Å²) in [7, 11) is 2.25. The van der Waals surface area contributed by atoms with Gasteiger partial charge in [0, 0.05) is 12.6 Å². The van der Waals surface area contributed by atoms with Crippen LogP contribution in [0.1, 0.15) is 46.0 Å². The van der Waals surface area contributed by atoms with Gasteiger partial charge in [0.2, 0.25) is 0 Å². The Bertz CT molecular complexity index is 251. The van der Waals surface area contributed by atoms with Gasteiger partial charge >= 0.3 is 0 Å². The van der Waals surface area contributed by atoms with Crippen molar-refractivity contribution in [3.63, 3.8) is 0 Å². The van der Waals surface area contributed by atoms with E-state index in [9.17, 15) is 0 Å². The Hall–Kier alpha value is -0.120. The third-order valence-electron chi connectivity index (χ3n) is 5.03. The normalized spacial score (nSPS) is 24.6. The van der Waals surface area contributed by atoms with Gasteiger partial charge in [-0.2, -0.15) is 0 Å². The molecule has 2 heterocycles. The Morgan fingerprint density at radius 2 is 1.65 bits per heavy atom. The van der Waals surface area contributed by atoms with Crippen LogP contribution >= 0.6 is 0 Å². The first-order valence-electron chi connectivity index (χ1n) is 8.77. The minimum Gasteiger partial charge on any atom is -0.314 e. The van der Waals surface area contributed by atoms with Crippen molar-refractivity contribution in [2.24, 2.45) is 11.8 Å². The van der Waals surface area contributed by atoms with Crippen LogP contribution in [0.5, 0.6) is 0 Å². The minimum atomic E-state index is 0.782. The molecule has 0 aromatic rings. The summed E-state index contributed by atoms with van der Waals surface area (Å²) in [6, 6.07) is 0.782. The van der Waals surface area contributed by atoms with Gasteiger partial charge < -0.3 is 15.1 Å². The number of nitrogens with zero attached hydrogens (tertiary/aromatic N) is 2. The highest BCUT2D eigenvalue weighted by Gasteiger charge is 2.20. The molecule has 20 heavy (non-hydrogen) atoms. The monoisotopic (exact) mass is 281 g/mol. The number of likely N-dealkylation sites (tertiary alicyclic amines) is 2. The Morgan fingerprint density at radius 1 is 1.00 bits per heavy atom. The van der Waals surface area contributed by atoms with Gasteiger partial charge in [0.25, 0.3) is 0 Å². The fourth-order valence-electron chi connectivity index (χ4n) is 3.68. The van der Waals surface area contributed by atoms with Gasteiger partial charge in [-0.1, -0.05) is 13.8 Å². The molecular weight excluding hydrogens is 246 g/mol. The van der Waals surface area contributed by atoms with Crippen LogP contribution in [0.4, 0.5) is 0 Å². The molecule has 2 aliphatic rings. The molecule has 0 aliphatic carbocycles. The van der Waals surface area contributed by atoms with E-state index in [1.165, 1.54) is 71.4 Å². The van der Waals surface area contributed by atoms with Crippen LogP contribution in [0.2, 0.25) is 0 Å². The molecule has 118 valence electrons. The number of hydrogen-bond acceptors (Lipinski definition) is 3. The lowest BCUT2D eigenvalue weighted by molar-refractivity contribution is 0.175. The second-order valence-corrected chi connectivity index (χ2v) is 7.46. The molecule has 0 radical (unpaired) electrons. The summed E-state index contributed by atoms with van der Waals surface area (Å²) in [5, 5.41) is 3.81. The summed E-state index contributed by atoms with van der Waals surface area (Å²) in [6.45, 7) is 12.4. The molecule has 3 nitrogen and oxygen atoms in total. The van der Waals surface area contributed by atoms with Crippen molar-refractivity contribution in [3.05, 3.63) is 0 Å². The highest BCUT2D eigenvalue weighted by molar-refractivity contribution is 4.78. The number of hydrogen-bond donors (Lipinski definition) is 1. The smallest absolute Gasteiger partial charge is 0.00914 e. The Labute approximate surface area is 126 Å². The van der Waals surface area contributed by atoms with E-state index in [0.29, 0.717) is 0 Å². The third-order valence-corrected chi connectivity index (χ3v) is 5.03. The van der Waals surface area contributed by atoms with E-state index in [-0.39, 0.29) is 0 Å². The Balaban J connectivity index is 1.53. The van der Waals surface area contributed by atoms with Crippen LogP contribution in [0.25, 0.3) is 0 Å². The lowest BCUT2D eigenvalue weighted by atomic mass is 9.93. The quantitative estimate of drug-likeness (QED) is 0.807. The lowest BCUT2D eigenvalue weighted by Gasteiger charge is -2.34. The number of piperidine rings is 2. The topological polar surface area (TPSA) is 18.5 Å². The Kier molecular flexibility index (Phi) is 6.79. The van der Waals surface area contributed by atoms with Crippen LogP contribution < -0.4 is 5.32 Å². The summed E-state index contributed by atoms with van der Waals surface area (Å²) in [5.74, 6) is 1.78. The molecule has 0 bridgehead atoms. The van der Waals surface area contributed by atoms with Crippen molar-refractivity contribution in [1.82, 2.24) is 15.1 Å². The zero-order valence-electron chi connectivity index (χ0n) is 13.9. The molecule has 0 aromatic heterocycles. The first-order valence-corrected chi connectivity index (χ1v) is 8.77. The van der Waals surface area contributed by atoms with Gasteiger partial charge in [0.15, 0.2) is 0 Å². The molecule has 0 aromatic carbocycles. The maximum atomic E-state index is 3.81. The predicted octanol–water partition coefficient (Wildman–Crippen LogP) is 2.43. The minimum absolute atomic E-state index is 0.782. The van der Waals surface area contributed by atoms with Crippen molar-refractivity contribution in [3.8, 4) is 0 Å². The maximum Gasteiger partial charge on any atom is 0.00914 e. The summed E-state index contributed by atoms with van der Waals surface area (Å²) >= 11 is 0. The van der Waals surface area contributed by atoms with Crippen molar-refractivity contribution >= 4 is 0 Å². The molecule has 2 aliphatic heterocycles. The van der Waals surface area contributed by atoms with Crippen LogP contribution in [-0.2, 0) is 0 Å². The molecule has 0 atom stereocenters. The van der Waals surface area contributed by atoms with Crippen molar-refractivity contribution in [2.45, 2.75) is 52.0 Å². The van der Waals surface area contributed by atoms with Crippen LogP contribution in [0, 0.1) is 11.8 Å². The lowest BCUT2D eigenvalue weighted by Crippen LogP contribution is -2.44. The highest BCUT2D eigenvalue weighted by atomic mass is 15.1. The van der Waals surface area contributed by atoms with Gasteiger partial charge in [-0.3, -0.25) is 0 Å². The van der Waals surface area contributed by atoms with Gasteiger partial charge in [0.05, 0.1) is 0 Å². The van der Waals surface area contributed by atoms with Crippen molar-refractivity contribution in [2.75, 3.05) is 46.3 Å². The van der Waals surface area contributed by atoms with Gasteiger partial charge in [-0.05, 0) is 83.7 Å². The maximum absolute atomic E-state index is 3.81. The van der Waals surface area contributed by atoms with E-state index < -0.39 is 0 Å². The first kappa shape index (κ1) is 16.3. The van der Waals surface area contributed by atoms with Gasteiger partial charge in [-0.25, -0.2) is 0 Å². The zero-order chi connectivity index (χ0) is 14.4. The zero-order valence-corrected chi connectivity index (χ0v) is 13.9. The van der Waals surface area contributed by atoms with Crippen LogP contribution in [-0.4, -0.2) is 62.2 Å². The Morgan fingerprint density at radius 3 is 2.25 bits per heavy atom. The van der Waals surface area contributed by atoms with E-state index in [2.05, 4.69) is 36.0 Å². The van der Waals surface area contributed by atoms with E-state index in [1.54, 1.807) is 0 Å². The van der Waals surface area contributed by atoms with Gasteiger partial charge in [0.1, 0.15) is 0 Å². The second-order valence-electron chi connectivity index (χ2n) is 7.46. The fraction of sp³-hybridized carbons (Fsp3) is 1.00. The number of rotatable bonds is 6. The van der Waals surface area contributed by atoms with Gasteiger partial charge in [-0.15, -0.1) is 0 Å². The summed E-state index contributed by atoms with van der Waals surface area (Å²) < 4.78 is 0. The molecule has 0 spiro atoms.